The van der Waals surface area contributed by atoms with Crippen LogP contribution >= 0.6 is 0 Å². The first-order chi connectivity index (χ1) is 11.8. The van der Waals surface area contributed by atoms with Gasteiger partial charge in [-0.25, -0.2) is 0 Å². The Bertz CT molecular complexity index is 712. The van der Waals surface area contributed by atoms with Crippen molar-refractivity contribution in [3.63, 3.8) is 0 Å². The average Bonchev–Trinajstić information content (AvgIpc) is 3.08. The maximum atomic E-state index is 12.1. The lowest BCUT2D eigenvalue weighted by Gasteiger charge is -2.14. The highest BCUT2D eigenvalue weighted by atomic mass is 16.5. The molecule has 2 aromatic rings. The van der Waals surface area contributed by atoms with Gasteiger partial charge in [0.15, 0.2) is 6.61 Å². The summed E-state index contributed by atoms with van der Waals surface area (Å²) < 4.78 is 5.73. The highest BCUT2D eigenvalue weighted by Gasteiger charge is 2.20. The van der Waals surface area contributed by atoms with Crippen molar-refractivity contribution < 1.29 is 14.6 Å². The molecule has 0 radical (unpaired) electrons. The van der Waals surface area contributed by atoms with Crippen LogP contribution in [0.15, 0.2) is 66.7 Å². The van der Waals surface area contributed by atoms with E-state index in [1.165, 1.54) is 0 Å². The van der Waals surface area contributed by atoms with Crippen molar-refractivity contribution in [2.75, 3.05) is 13.2 Å². The molecule has 2 N–H and O–H groups in total. The van der Waals surface area contributed by atoms with Crippen LogP contribution < -0.4 is 10.1 Å². The monoisotopic (exact) mass is 323 g/mol. The van der Waals surface area contributed by atoms with Crippen LogP contribution in [0.3, 0.4) is 0 Å². The summed E-state index contributed by atoms with van der Waals surface area (Å²) in [6, 6.07) is 17.6. The minimum absolute atomic E-state index is 0.0254. The van der Waals surface area contributed by atoms with E-state index in [4.69, 9.17) is 9.84 Å². The van der Waals surface area contributed by atoms with Crippen molar-refractivity contribution in [1.82, 2.24) is 5.32 Å². The summed E-state index contributed by atoms with van der Waals surface area (Å²) in [7, 11) is 0. The highest BCUT2D eigenvalue weighted by molar-refractivity contribution is 5.79. The molecule has 2 aromatic carbocycles. The van der Waals surface area contributed by atoms with Crippen LogP contribution in [0.4, 0.5) is 0 Å². The molecule has 0 saturated heterocycles. The van der Waals surface area contributed by atoms with Gasteiger partial charge in [-0.05, 0) is 18.1 Å². The molecule has 2 atom stereocenters. The Kier molecular flexibility index (Phi) is 5.29. The van der Waals surface area contributed by atoms with Crippen LogP contribution in [-0.2, 0) is 4.79 Å². The van der Waals surface area contributed by atoms with Gasteiger partial charge in [-0.15, -0.1) is 0 Å². The van der Waals surface area contributed by atoms with Gasteiger partial charge in [0.05, 0.1) is 0 Å². The molecule has 1 aliphatic carbocycles. The molecule has 0 saturated carbocycles. The van der Waals surface area contributed by atoms with Gasteiger partial charge in [0.25, 0.3) is 5.91 Å². The first kappa shape index (κ1) is 16.3. The summed E-state index contributed by atoms with van der Waals surface area (Å²) in [6.45, 7) is 0.0851. The molecule has 1 amide bonds. The van der Waals surface area contributed by atoms with Gasteiger partial charge in [0, 0.05) is 24.1 Å². The van der Waals surface area contributed by atoms with Crippen molar-refractivity contribution in [2.24, 2.45) is 5.92 Å². The van der Waals surface area contributed by atoms with E-state index in [0.29, 0.717) is 5.75 Å². The molecule has 0 aromatic heterocycles. The SMILES string of the molecule is O=C(COc1ccccc1-c1ccccc1)N[C@@H]1C=C[C@H](CO)C1. The number of amides is 1. The Morgan fingerprint density at radius 1 is 1.08 bits per heavy atom. The van der Waals surface area contributed by atoms with E-state index in [1.54, 1.807) is 0 Å². The minimum Gasteiger partial charge on any atom is -0.483 e. The van der Waals surface area contributed by atoms with Crippen LogP contribution in [-0.4, -0.2) is 30.3 Å². The normalized spacial score (nSPS) is 19.2. The van der Waals surface area contributed by atoms with E-state index in [2.05, 4.69) is 5.32 Å². The molecule has 1 aliphatic rings. The number of carbonyl (C=O) groups excluding carboxylic acids is 1. The Hall–Kier alpha value is -2.59. The van der Waals surface area contributed by atoms with Gasteiger partial charge in [-0.2, -0.15) is 0 Å². The largest absolute Gasteiger partial charge is 0.483 e. The molecule has 0 bridgehead atoms. The van der Waals surface area contributed by atoms with Gasteiger partial charge >= 0.3 is 0 Å². The average molecular weight is 323 g/mol. The van der Waals surface area contributed by atoms with Gasteiger partial charge < -0.3 is 15.2 Å². The summed E-state index contributed by atoms with van der Waals surface area (Å²) in [6.07, 6.45) is 4.61. The Balaban J connectivity index is 1.59. The zero-order valence-electron chi connectivity index (χ0n) is 13.4. The van der Waals surface area contributed by atoms with Crippen LogP contribution in [0.2, 0.25) is 0 Å². The van der Waals surface area contributed by atoms with Gasteiger partial charge in [-0.3, -0.25) is 4.79 Å². The summed E-state index contributed by atoms with van der Waals surface area (Å²) in [5.41, 5.74) is 2.02. The number of nitrogens with one attached hydrogen (secondary N) is 1. The number of carbonyl (C=O) groups is 1. The molecule has 124 valence electrons. The van der Waals surface area contributed by atoms with Crippen molar-refractivity contribution in [1.29, 1.82) is 0 Å². The fourth-order valence-electron chi connectivity index (χ4n) is 2.86. The van der Waals surface area contributed by atoms with Crippen LogP contribution in [0.1, 0.15) is 6.42 Å². The fraction of sp³-hybridized carbons (Fsp3) is 0.250. The lowest BCUT2D eigenvalue weighted by Crippen LogP contribution is -2.36. The fourth-order valence-corrected chi connectivity index (χ4v) is 2.86. The second-order valence-corrected chi connectivity index (χ2v) is 5.89. The second-order valence-electron chi connectivity index (χ2n) is 5.89. The Morgan fingerprint density at radius 2 is 1.83 bits per heavy atom. The molecular weight excluding hydrogens is 302 g/mol. The van der Waals surface area contributed by atoms with Crippen molar-refractivity contribution >= 4 is 5.91 Å². The van der Waals surface area contributed by atoms with Crippen LogP contribution in [0.25, 0.3) is 11.1 Å². The van der Waals surface area contributed by atoms with E-state index in [-0.39, 0.29) is 31.1 Å². The standard InChI is InChI=1S/C20H21NO3/c22-13-15-10-11-17(12-15)21-20(23)14-24-19-9-5-4-8-18(19)16-6-2-1-3-7-16/h1-11,15,17,22H,12-14H2,(H,21,23)/t15-,17+/m0/s1. The zero-order chi connectivity index (χ0) is 16.8. The minimum atomic E-state index is -0.161. The molecule has 0 spiro atoms. The summed E-state index contributed by atoms with van der Waals surface area (Å²) in [5.74, 6) is 0.662. The third-order valence-corrected chi connectivity index (χ3v) is 4.08. The van der Waals surface area contributed by atoms with Gasteiger partial charge in [-0.1, -0.05) is 60.7 Å². The smallest absolute Gasteiger partial charge is 0.258 e. The van der Waals surface area contributed by atoms with E-state index in [1.807, 2.05) is 66.7 Å². The van der Waals surface area contributed by atoms with Gasteiger partial charge in [0.2, 0.25) is 0 Å². The zero-order valence-corrected chi connectivity index (χ0v) is 13.4. The van der Waals surface area contributed by atoms with Crippen molar-refractivity contribution in [3.05, 3.63) is 66.7 Å². The molecule has 0 aliphatic heterocycles. The molecule has 24 heavy (non-hydrogen) atoms. The number of aliphatic hydroxyl groups excluding tert-OH is 1. The van der Waals surface area contributed by atoms with E-state index in [0.717, 1.165) is 17.5 Å². The second kappa shape index (κ2) is 7.79. The summed E-state index contributed by atoms with van der Waals surface area (Å²) >= 11 is 0. The van der Waals surface area contributed by atoms with Gasteiger partial charge in [0.1, 0.15) is 5.75 Å². The predicted octanol–water partition coefficient (Wildman–Crippen LogP) is 2.79. The molecule has 4 heteroatoms. The van der Waals surface area contributed by atoms with Crippen LogP contribution in [0, 0.1) is 5.92 Å². The highest BCUT2D eigenvalue weighted by Crippen LogP contribution is 2.29. The lowest BCUT2D eigenvalue weighted by atomic mass is 10.1. The summed E-state index contributed by atoms with van der Waals surface area (Å²) in [4.78, 5) is 12.1. The Morgan fingerprint density at radius 3 is 2.58 bits per heavy atom. The molecular formula is C20H21NO3. The summed E-state index contributed by atoms with van der Waals surface area (Å²) in [5, 5.41) is 12.0. The first-order valence-corrected chi connectivity index (χ1v) is 8.12. The third-order valence-electron chi connectivity index (χ3n) is 4.08. The van der Waals surface area contributed by atoms with E-state index < -0.39 is 0 Å². The number of para-hydroxylation sites is 1. The predicted molar refractivity (Wildman–Crippen MR) is 93.6 cm³/mol. The molecule has 0 unspecified atom stereocenters. The number of rotatable bonds is 6. The maximum Gasteiger partial charge on any atom is 0.258 e. The first-order valence-electron chi connectivity index (χ1n) is 8.12. The van der Waals surface area contributed by atoms with E-state index >= 15 is 0 Å². The molecule has 3 rings (SSSR count). The van der Waals surface area contributed by atoms with E-state index in [9.17, 15) is 4.79 Å². The van der Waals surface area contributed by atoms with Crippen LogP contribution in [0.5, 0.6) is 5.75 Å². The maximum absolute atomic E-state index is 12.1. The number of benzene rings is 2. The van der Waals surface area contributed by atoms with Crippen molar-refractivity contribution in [3.8, 4) is 16.9 Å². The number of hydrogen-bond acceptors (Lipinski definition) is 3. The quantitative estimate of drug-likeness (QED) is 0.804. The number of aliphatic hydroxyl groups is 1. The molecule has 4 nitrogen and oxygen atoms in total. The Labute approximate surface area is 141 Å². The van der Waals surface area contributed by atoms with Crippen molar-refractivity contribution in [2.45, 2.75) is 12.5 Å². The topological polar surface area (TPSA) is 58.6 Å². The third kappa shape index (κ3) is 4.03. The lowest BCUT2D eigenvalue weighted by molar-refractivity contribution is -0.123. The number of hydrogen-bond donors (Lipinski definition) is 2. The number of ether oxygens (including phenoxy) is 1. The molecule has 0 heterocycles. The molecule has 0 fully saturated rings.